The molecule has 2 rings (SSSR count). The highest BCUT2D eigenvalue weighted by Gasteiger charge is 2.02. The van der Waals surface area contributed by atoms with Crippen molar-refractivity contribution in [3.8, 4) is 0 Å². The molecule has 1 unspecified atom stereocenters. The molecule has 1 aromatic rings. The highest BCUT2D eigenvalue weighted by Crippen LogP contribution is 1.88. The highest BCUT2D eigenvalue weighted by atomic mass is 16.1. The van der Waals surface area contributed by atoms with E-state index in [2.05, 4.69) is 15.0 Å². The maximum absolute atomic E-state index is 10.8. The molecule has 0 amide bonds. The summed E-state index contributed by atoms with van der Waals surface area (Å²) in [5.41, 5.74) is 0.474. The van der Waals surface area contributed by atoms with Gasteiger partial charge in [-0.05, 0) is 13.0 Å². The Morgan fingerprint density at radius 2 is 2.27 bits per heavy atom. The Labute approximate surface area is 62.3 Å². The average Bonchev–Trinajstić information content (AvgIpc) is 2.27. The van der Waals surface area contributed by atoms with Gasteiger partial charge in [0.25, 0.3) is 0 Å². The maximum atomic E-state index is 10.8. The summed E-state index contributed by atoms with van der Waals surface area (Å²) in [5, 5.41) is 0.775. The Balaban J connectivity index is 2.89. The Morgan fingerprint density at radius 3 is 3.09 bits per heavy atom. The van der Waals surface area contributed by atoms with Crippen LogP contribution in [0.5, 0.6) is 0 Å². The van der Waals surface area contributed by atoms with Gasteiger partial charge in [-0.3, -0.25) is 9.79 Å². The van der Waals surface area contributed by atoms with Crippen molar-refractivity contribution in [2.24, 2.45) is 9.98 Å². The van der Waals surface area contributed by atoms with E-state index >= 15 is 0 Å². The fraction of sp³-hybridized carbons (Fsp3) is 0.286. The number of aromatic amines is 1. The summed E-state index contributed by atoms with van der Waals surface area (Å²) < 4.78 is 0. The monoisotopic (exact) mass is 149 g/mol. The fourth-order valence-electron chi connectivity index (χ4n) is 1.08. The summed E-state index contributed by atoms with van der Waals surface area (Å²) >= 11 is 0. The molecule has 0 spiro atoms. The van der Waals surface area contributed by atoms with Gasteiger partial charge in [0.15, 0.2) is 5.49 Å². The number of hydrogen-bond acceptors (Lipinski definition) is 3. The molecule has 0 aliphatic carbocycles. The van der Waals surface area contributed by atoms with Crippen LogP contribution in [0.1, 0.15) is 6.92 Å². The van der Waals surface area contributed by atoms with E-state index in [1.807, 2.05) is 6.92 Å². The van der Waals surface area contributed by atoms with Gasteiger partial charge in [-0.1, -0.05) is 0 Å². The molecular formula is C7H7N3O. The lowest BCUT2D eigenvalue weighted by molar-refractivity contribution is 0.783. The molecule has 1 aromatic heterocycles. The van der Waals surface area contributed by atoms with E-state index in [1.165, 1.54) is 6.07 Å². The smallest absolute Gasteiger partial charge is 0.249 e. The summed E-state index contributed by atoms with van der Waals surface area (Å²) in [6.07, 6.45) is -0.0527. The second-order valence-electron chi connectivity index (χ2n) is 2.45. The summed E-state index contributed by atoms with van der Waals surface area (Å²) in [6.45, 7) is 1.87. The van der Waals surface area contributed by atoms with Crippen LogP contribution in [0.25, 0.3) is 0 Å². The lowest BCUT2D eigenvalue weighted by Gasteiger charge is -1.85. The normalized spacial score (nSPS) is 20.3. The number of nitrogens with zero attached hydrogens (tertiary/aromatic N) is 2. The third kappa shape index (κ3) is 0.960. The van der Waals surface area contributed by atoms with Crippen molar-refractivity contribution < 1.29 is 0 Å². The molecule has 1 aliphatic rings. The van der Waals surface area contributed by atoms with Gasteiger partial charge < -0.3 is 4.98 Å². The van der Waals surface area contributed by atoms with Crippen molar-refractivity contribution in [3.05, 3.63) is 33.3 Å². The first kappa shape index (κ1) is 6.27. The topological polar surface area (TPSA) is 57.6 Å². The van der Waals surface area contributed by atoms with E-state index in [1.54, 1.807) is 6.07 Å². The second kappa shape index (κ2) is 2.02. The molecule has 0 aromatic carbocycles. The van der Waals surface area contributed by atoms with E-state index < -0.39 is 0 Å². The maximum Gasteiger partial charge on any atom is 0.249 e. The van der Waals surface area contributed by atoms with Gasteiger partial charge in [0, 0.05) is 6.07 Å². The molecule has 0 saturated heterocycles. The van der Waals surface area contributed by atoms with Crippen LogP contribution in [-0.2, 0) is 0 Å². The number of pyridine rings is 1. The van der Waals surface area contributed by atoms with E-state index in [0.29, 0.717) is 5.49 Å². The minimum Gasteiger partial charge on any atom is -0.306 e. The molecular weight excluding hydrogens is 142 g/mol. The van der Waals surface area contributed by atoms with Crippen molar-refractivity contribution in [3.63, 3.8) is 0 Å². The predicted molar refractivity (Wildman–Crippen MR) is 38.8 cm³/mol. The Morgan fingerprint density at radius 1 is 1.45 bits per heavy atom. The lowest BCUT2D eigenvalue weighted by atomic mass is 10.5. The van der Waals surface area contributed by atoms with E-state index in [4.69, 9.17) is 0 Å². The number of hydrogen-bond donors (Lipinski definition) is 1. The summed E-state index contributed by atoms with van der Waals surface area (Å²) in [6, 6.07) is 3.14. The van der Waals surface area contributed by atoms with Crippen LogP contribution in [0.2, 0.25) is 0 Å². The van der Waals surface area contributed by atoms with Crippen LogP contribution < -0.4 is 16.4 Å². The van der Waals surface area contributed by atoms with Crippen LogP contribution in [0.4, 0.5) is 0 Å². The molecule has 1 N–H and O–H groups in total. The number of aromatic nitrogens is 1. The Hall–Kier alpha value is -1.45. The van der Waals surface area contributed by atoms with Gasteiger partial charge in [-0.2, -0.15) is 0 Å². The Kier molecular flexibility index (Phi) is 1.15. The van der Waals surface area contributed by atoms with Gasteiger partial charge >= 0.3 is 0 Å². The van der Waals surface area contributed by atoms with E-state index in [9.17, 15) is 4.79 Å². The number of H-pyrrole nitrogens is 1. The molecule has 4 heteroatoms. The molecule has 0 fully saturated rings. The molecule has 56 valence electrons. The summed E-state index contributed by atoms with van der Waals surface area (Å²) in [5.74, 6) is 0. The van der Waals surface area contributed by atoms with Crippen LogP contribution >= 0.6 is 0 Å². The molecule has 0 saturated carbocycles. The van der Waals surface area contributed by atoms with E-state index in [-0.39, 0.29) is 11.7 Å². The molecule has 11 heavy (non-hydrogen) atoms. The van der Waals surface area contributed by atoms with Gasteiger partial charge in [-0.15, -0.1) is 0 Å². The van der Waals surface area contributed by atoms with Crippen molar-refractivity contribution in [2.75, 3.05) is 0 Å². The highest BCUT2D eigenvalue weighted by molar-refractivity contribution is 4.94. The third-order valence-corrected chi connectivity index (χ3v) is 1.52. The minimum atomic E-state index is -0.128. The standard InChI is InChI=1S/C7H7N3O/c1-4-8-5-2-3-6(11)10-7(5)9-4/h2-4H,1H3,(H,9,10,11). The van der Waals surface area contributed by atoms with E-state index in [0.717, 1.165) is 5.36 Å². The number of fused-ring (bicyclic) bond motifs is 1. The largest absolute Gasteiger partial charge is 0.306 e. The molecule has 4 nitrogen and oxygen atoms in total. The van der Waals surface area contributed by atoms with Crippen molar-refractivity contribution in [2.45, 2.75) is 13.1 Å². The number of rotatable bonds is 0. The average molecular weight is 149 g/mol. The molecule has 0 bridgehead atoms. The molecule has 1 aliphatic heterocycles. The van der Waals surface area contributed by atoms with Crippen molar-refractivity contribution >= 4 is 0 Å². The van der Waals surface area contributed by atoms with Crippen LogP contribution in [-0.4, -0.2) is 11.1 Å². The molecule has 1 atom stereocenters. The first-order valence-electron chi connectivity index (χ1n) is 3.41. The Bertz CT molecular complexity index is 445. The second-order valence-corrected chi connectivity index (χ2v) is 2.45. The van der Waals surface area contributed by atoms with Crippen LogP contribution in [0, 0.1) is 0 Å². The quantitative estimate of drug-likeness (QED) is 0.504. The van der Waals surface area contributed by atoms with Gasteiger partial charge in [0.1, 0.15) is 11.5 Å². The zero-order valence-corrected chi connectivity index (χ0v) is 6.03. The first-order valence-corrected chi connectivity index (χ1v) is 3.41. The van der Waals surface area contributed by atoms with Gasteiger partial charge in [0.2, 0.25) is 5.56 Å². The summed E-state index contributed by atoms with van der Waals surface area (Å²) in [7, 11) is 0. The SMILES string of the molecule is CC1N=c2ccc(=O)[nH]c2=N1. The molecule has 2 heterocycles. The third-order valence-electron chi connectivity index (χ3n) is 1.52. The fourth-order valence-corrected chi connectivity index (χ4v) is 1.08. The van der Waals surface area contributed by atoms with Crippen molar-refractivity contribution in [1.29, 1.82) is 0 Å². The zero-order chi connectivity index (χ0) is 7.84. The number of nitrogens with one attached hydrogen (secondary N) is 1. The predicted octanol–water partition coefficient (Wildman–Crippen LogP) is -1.03. The summed E-state index contributed by atoms with van der Waals surface area (Å²) in [4.78, 5) is 21.6. The zero-order valence-electron chi connectivity index (χ0n) is 6.03. The van der Waals surface area contributed by atoms with Gasteiger partial charge in [0.05, 0.1) is 0 Å². The molecule has 0 radical (unpaired) electrons. The van der Waals surface area contributed by atoms with Crippen LogP contribution in [0.15, 0.2) is 26.9 Å². The van der Waals surface area contributed by atoms with Gasteiger partial charge in [-0.25, -0.2) is 4.99 Å². The first-order chi connectivity index (χ1) is 5.25. The van der Waals surface area contributed by atoms with Crippen LogP contribution in [0.3, 0.4) is 0 Å². The van der Waals surface area contributed by atoms with Crippen molar-refractivity contribution in [1.82, 2.24) is 4.98 Å². The lowest BCUT2D eigenvalue weighted by Crippen LogP contribution is -2.31. The minimum absolute atomic E-state index is 0.0527.